The van der Waals surface area contributed by atoms with Crippen LogP contribution in [-0.2, 0) is 0 Å². The monoisotopic (exact) mass is 693 g/mol. The van der Waals surface area contributed by atoms with Crippen LogP contribution in [0.15, 0.2) is 174 Å². The van der Waals surface area contributed by atoms with Crippen molar-refractivity contribution in [3.05, 3.63) is 175 Å². The molecule has 7 aromatic carbocycles. The fourth-order valence-corrected chi connectivity index (χ4v) is 9.39. The number of para-hydroxylation sites is 3. The fourth-order valence-electron chi connectivity index (χ4n) is 9.39. The summed E-state index contributed by atoms with van der Waals surface area (Å²) in [5.41, 5.74) is 16.7. The Morgan fingerprint density at radius 3 is 1.96 bits per heavy atom. The maximum Gasteiger partial charge on any atom is 0.159 e. The predicted octanol–water partition coefficient (Wildman–Crippen LogP) is 15.2. The van der Waals surface area contributed by atoms with Crippen molar-refractivity contribution in [3.63, 3.8) is 0 Å². The topological polar surface area (TPSA) is 16.4 Å². The van der Waals surface area contributed by atoms with Crippen molar-refractivity contribution >= 4 is 49.8 Å². The first-order chi connectivity index (χ1) is 26.8. The second kappa shape index (κ2) is 12.6. The van der Waals surface area contributed by atoms with Crippen molar-refractivity contribution < 1.29 is 4.42 Å². The van der Waals surface area contributed by atoms with Crippen molar-refractivity contribution in [2.24, 2.45) is 0 Å². The van der Waals surface area contributed by atoms with Crippen molar-refractivity contribution in [1.82, 2.24) is 0 Å². The highest BCUT2D eigenvalue weighted by molar-refractivity contribution is 6.13. The van der Waals surface area contributed by atoms with Gasteiger partial charge >= 0.3 is 0 Å². The van der Waals surface area contributed by atoms with Crippen LogP contribution in [0.4, 0.5) is 17.1 Å². The molecule has 0 bridgehead atoms. The lowest BCUT2D eigenvalue weighted by atomic mass is 9.80. The van der Waals surface area contributed by atoms with Crippen molar-refractivity contribution in [2.75, 3.05) is 4.90 Å². The van der Waals surface area contributed by atoms with E-state index in [1.807, 2.05) is 0 Å². The maximum absolute atomic E-state index is 6.83. The molecule has 0 aliphatic heterocycles. The van der Waals surface area contributed by atoms with Crippen LogP contribution in [0.5, 0.6) is 0 Å². The molecule has 0 N–H and O–H groups in total. The summed E-state index contributed by atoms with van der Waals surface area (Å²) in [6.07, 6.45) is 6.47. The third-order valence-corrected chi connectivity index (χ3v) is 11.9. The van der Waals surface area contributed by atoms with Gasteiger partial charge in [-0.05, 0) is 98.8 Å². The Morgan fingerprint density at radius 2 is 1.09 bits per heavy atom. The fraction of sp³-hybridized carbons (Fsp3) is 0.115. The van der Waals surface area contributed by atoms with Gasteiger partial charge in [-0.25, -0.2) is 0 Å². The molecular formula is C52H39NO. The smallest absolute Gasteiger partial charge is 0.159 e. The van der Waals surface area contributed by atoms with Gasteiger partial charge in [0.2, 0.25) is 0 Å². The van der Waals surface area contributed by atoms with Crippen LogP contribution in [0.1, 0.15) is 43.6 Å². The summed E-state index contributed by atoms with van der Waals surface area (Å²) in [5, 5.41) is 4.93. The number of hydrogen-bond donors (Lipinski definition) is 0. The molecule has 0 saturated heterocycles. The minimum Gasteiger partial charge on any atom is -0.454 e. The van der Waals surface area contributed by atoms with Gasteiger partial charge in [0.25, 0.3) is 0 Å². The van der Waals surface area contributed by atoms with E-state index in [9.17, 15) is 0 Å². The molecule has 11 rings (SSSR count). The first-order valence-corrected chi connectivity index (χ1v) is 19.5. The quantitative estimate of drug-likeness (QED) is 0.165. The van der Waals surface area contributed by atoms with E-state index < -0.39 is 0 Å². The van der Waals surface area contributed by atoms with E-state index in [4.69, 9.17) is 4.42 Å². The molecule has 1 heterocycles. The molecule has 1 fully saturated rings. The van der Waals surface area contributed by atoms with Gasteiger partial charge in [-0.3, -0.25) is 0 Å². The van der Waals surface area contributed by atoms with E-state index in [0.29, 0.717) is 5.92 Å². The second-order valence-corrected chi connectivity index (χ2v) is 15.0. The molecule has 1 saturated carbocycles. The standard InChI is InChI=1S/C52H39NO/c1-3-15-34(16-4-1)38-23-11-19-36-20-12-24-41(50(36)38)39-21-7-9-28-46(39)53(48-29-14-27-44-40-22-8-10-30-49(40)54-52(44)48)47-32-31-37(51-42-25-13-26-43(42)51)33-45(47)35-17-5-2-6-18-35/h2,5-14,17-34H,1,3-4,15-16H2. The molecule has 0 unspecified atom stereocenters. The molecule has 0 amide bonds. The van der Waals surface area contributed by atoms with E-state index in [1.165, 1.54) is 92.9 Å². The number of hydrogen-bond acceptors (Lipinski definition) is 2. The second-order valence-electron chi connectivity index (χ2n) is 15.0. The molecule has 3 aliphatic rings. The lowest BCUT2D eigenvalue weighted by molar-refractivity contribution is 0.445. The van der Waals surface area contributed by atoms with Gasteiger partial charge in [0.1, 0.15) is 5.58 Å². The maximum atomic E-state index is 6.83. The van der Waals surface area contributed by atoms with Crippen LogP contribution < -0.4 is 4.90 Å². The highest BCUT2D eigenvalue weighted by Crippen LogP contribution is 2.54. The average Bonchev–Trinajstić information content (AvgIpc) is 3.51. The van der Waals surface area contributed by atoms with Gasteiger partial charge in [-0.15, -0.1) is 0 Å². The summed E-state index contributed by atoms with van der Waals surface area (Å²) in [4.78, 5) is 2.47. The molecule has 3 aliphatic carbocycles. The predicted molar refractivity (Wildman–Crippen MR) is 227 cm³/mol. The zero-order valence-electron chi connectivity index (χ0n) is 30.1. The molecule has 0 radical (unpaired) electrons. The third kappa shape index (κ3) is 5.01. The lowest BCUT2D eigenvalue weighted by Crippen LogP contribution is -2.13. The lowest BCUT2D eigenvalue weighted by Gasteiger charge is -2.31. The summed E-state index contributed by atoms with van der Waals surface area (Å²) in [6.45, 7) is 0. The number of anilines is 3. The Morgan fingerprint density at radius 1 is 0.444 bits per heavy atom. The zero-order chi connectivity index (χ0) is 35.6. The number of furan rings is 1. The highest BCUT2D eigenvalue weighted by atomic mass is 16.3. The summed E-state index contributed by atoms with van der Waals surface area (Å²) >= 11 is 0. The van der Waals surface area contributed by atoms with Crippen LogP contribution in [0.3, 0.4) is 0 Å². The molecular weight excluding hydrogens is 655 g/mol. The number of fused-ring (bicyclic) bond motifs is 5. The van der Waals surface area contributed by atoms with Gasteiger partial charge in [0.15, 0.2) is 5.58 Å². The first-order valence-electron chi connectivity index (χ1n) is 19.5. The number of rotatable bonds is 7. The zero-order valence-corrected chi connectivity index (χ0v) is 30.1. The normalized spacial score (nSPS) is 13.9. The van der Waals surface area contributed by atoms with Crippen LogP contribution in [0.25, 0.3) is 77.2 Å². The van der Waals surface area contributed by atoms with Gasteiger partial charge in [0.05, 0.1) is 17.1 Å². The molecule has 54 heavy (non-hydrogen) atoms. The Balaban J connectivity index is 1.21. The van der Waals surface area contributed by atoms with E-state index >= 15 is 0 Å². The Kier molecular flexibility index (Phi) is 7.30. The molecule has 2 nitrogen and oxygen atoms in total. The largest absolute Gasteiger partial charge is 0.454 e. The van der Waals surface area contributed by atoms with Crippen molar-refractivity contribution in [2.45, 2.75) is 38.0 Å². The summed E-state index contributed by atoms with van der Waals surface area (Å²) < 4.78 is 6.83. The van der Waals surface area contributed by atoms with Crippen molar-refractivity contribution in [1.29, 1.82) is 0 Å². The minimum absolute atomic E-state index is 0.579. The van der Waals surface area contributed by atoms with Crippen LogP contribution in [0.2, 0.25) is 0 Å². The van der Waals surface area contributed by atoms with E-state index in [1.54, 1.807) is 0 Å². The summed E-state index contributed by atoms with van der Waals surface area (Å²) in [5.74, 6) is 0.579. The van der Waals surface area contributed by atoms with Crippen LogP contribution in [-0.4, -0.2) is 0 Å². The number of benzene rings is 8. The van der Waals surface area contributed by atoms with E-state index in [2.05, 4.69) is 175 Å². The van der Waals surface area contributed by atoms with Crippen LogP contribution in [0, 0.1) is 0 Å². The Labute approximate surface area is 315 Å². The summed E-state index contributed by atoms with van der Waals surface area (Å²) in [7, 11) is 0. The van der Waals surface area contributed by atoms with Crippen LogP contribution >= 0.6 is 0 Å². The van der Waals surface area contributed by atoms with E-state index in [0.717, 1.165) is 39.0 Å². The van der Waals surface area contributed by atoms with Gasteiger partial charge in [0, 0.05) is 21.9 Å². The third-order valence-electron chi connectivity index (χ3n) is 11.9. The SMILES string of the molecule is c1ccc(-c2cc(-c3c4cccc3-4)ccc2N(c2ccccc2-c2cccc3cccc(C4CCCCC4)c23)c2cccc3c2oc2ccccc23)cc1. The van der Waals surface area contributed by atoms with E-state index in [-0.39, 0.29) is 0 Å². The van der Waals surface area contributed by atoms with Gasteiger partial charge < -0.3 is 9.32 Å². The molecule has 2 heteroatoms. The molecule has 1 aromatic heterocycles. The highest BCUT2D eigenvalue weighted by Gasteiger charge is 2.29. The Hall–Kier alpha value is -6.38. The molecule has 0 atom stereocenters. The molecule has 258 valence electrons. The average molecular weight is 694 g/mol. The first kappa shape index (κ1) is 31.2. The summed E-state index contributed by atoms with van der Waals surface area (Å²) in [6, 6.07) is 62.4. The molecule has 0 spiro atoms. The van der Waals surface area contributed by atoms with Crippen molar-refractivity contribution in [3.8, 4) is 44.5 Å². The molecule has 8 aromatic rings. The number of nitrogens with zero attached hydrogens (tertiary/aromatic N) is 1. The van der Waals surface area contributed by atoms with Gasteiger partial charge in [-0.1, -0.05) is 159 Å². The van der Waals surface area contributed by atoms with Gasteiger partial charge in [-0.2, -0.15) is 0 Å². The Bertz CT molecular complexity index is 2850. The minimum atomic E-state index is 0.579.